The number of amides is 1. The second-order valence-electron chi connectivity index (χ2n) is 9.62. The number of carbonyl (C=O) groups excluding carboxylic acids is 1. The fraction of sp³-hybridized carbons (Fsp3) is 0.379. The highest BCUT2D eigenvalue weighted by molar-refractivity contribution is 5.91. The summed E-state index contributed by atoms with van der Waals surface area (Å²) >= 11 is 0. The Bertz CT molecular complexity index is 1360. The lowest BCUT2D eigenvalue weighted by Crippen LogP contribution is -2.49. The van der Waals surface area contributed by atoms with E-state index in [4.69, 9.17) is 15.1 Å². The second-order valence-corrected chi connectivity index (χ2v) is 9.62. The van der Waals surface area contributed by atoms with Crippen molar-refractivity contribution in [2.45, 2.75) is 46.0 Å². The number of rotatable bonds is 8. The molecule has 7 nitrogen and oxygen atoms in total. The molecule has 1 saturated heterocycles. The first-order chi connectivity index (χ1) is 18.0. The molecule has 1 fully saturated rings. The third-order valence-corrected chi connectivity index (χ3v) is 6.93. The van der Waals surface area contributed by atoms with Gasteiger partial charge in [0, 0.05) is 39.0 Å². The highest BCUT2D eigenvalue weighted by atomic mass is 19.1. The Morgan fingerprint density at radius 3 is 2.38 bits per heavy atom. The van der Waals surface area contributed by atoms with Crippen molar-refractivity contribution in [3.63, 3.8) is 0 Å². The van der Waals surface area contributed by atoms with Crippen molar-refractivity contribution >= 4 is 22.8 Å². The minimum absolute atomic E-state index is 0.242. The number of fused-ring (bicyclic) bond motifs is 1. The summed E-state index contributed by atoms with van der Waals surface area (Å²) in [4.78, 5) is 26.9. The number of hydrogen-bond acceptors (Lipinski definition) is 5. The van der Waals surface area contributed by atoms with Crippen LogP contribution in [0.15, 0.2) is 54.6 Å². The summed E-state index contributed by atoms with van der Waals surface area (Å²) in [6.45, 7) is 6.87. The van der Waals surface area contributed by atoms with Gasteiger partial charge >= 0.3 is 0 Å². The molecule has 0 bridgehead atoms. The van der Waals surface area contributed by atoms with Gasteiger partial charge in [-0.1, -0.05) is 50.1 Å². The van der Waals surface area contributed by atoms with Crippen molar-refractivity contribution in [3.05, 3.63) is 77.5 Å². The number of unbranched alkanes of at least 4 members (excludes halogenated alkanes) is 2. The molecule has 3 heterocycles. The fourth-order valence-corrected chi connectivity index (χ4v) is 4.91. The molecular weight excluding hydrogens is 467 g/mol. The van der Waals surface area contributed by atoms with Crippen LogP contribution in [0.2, 0.25) is 0 Å². The van der Waals surface area contributed by atoms with Crippen molar-refractivity contribution in [3.8, 4) is 5.69 Å². The molecule has 0 aliphatic carbocycles. The number of benzene rings is 2. The summed E-state index contributed by atoms with van der Waals surface area (Å²) in [5, 5.41) is 5.67. The van der Waals surface area contributed by atoms with Crippen LogP contribution in [0.5, 0.6) is 0 Å². The molecule has 0 atom stereocenters. The van der Waals surface area contributed by atoms with E-state index in [0.717, 1.165) is 47.4 Å². The first-order valence-corrected chi connectivity index (χ1v) is 13.1. The number of carbonyl (C=O) groups is 1. The second kappa shape index (κ2) is 11.1. The first kappa shape index (κ1) is 24.9. The van der Waals surface area contributed by atoms with Gasteiger partial charge in [0.05, 0.1) is 16.8 Å². The summed E-state index contributed by atoms with van der Waals surface area (Å²) in [6, 6.07) is 16.4. The molecule has 37 heavy (non-hydrogen) atoms. The fourth-order valence-electron chi connectivity index (χ4n) is 4.91. The number of nitrogens with zero attached hydrogens (tertiary/aromatic N) is 6. The van der Waals surface area contributed by atoms with Crippen molar-refractivity contribution in [1.82, 2.24) is 24.6 Å². The summed E-state index contributed by atoms with van der Waals surface area (Å²) in [6.07, 6.45) is 4.36. The Kier molecular flexibility index (Phi) is 7.44. The van der Waals surface area contributed by atoms with E-state index in [-0.39, 0.29) is 11.7 Å². The standard InChI is InChI=1S/C29H33FN6O/c1-3-4-6-11-26(37)34-16-18-35(19-17-34)28-27-21(2)33-36(24-14-12-23(30)13-15-24)29(27)32-25(31-28)20-22-9-7-5-8-10-22/h5,7-10,12-15H,3-4,6,11,16-20H2,1-2H3. The maximum absolute atomic E-state index is 13.6. The third kappa shape index (κ3) is 5.48. The van der Waals surface area contributed by atoms with E-state index in [0.29, 0.717) is 50.5 Å². The van der Waals surface area contributed by atoms with Gasteiger partial charge < -0.3 is 9.80 Å². The van der Waals surface area contributed by atoms with E-state index in [1.54, 1.807) is 16.8 Å². The predicted molar refractivity (Wildman–Crippen MR) is 144 cm³/mol. The van der Waals surface area contributed by atoms with Gasteiger partial charge in [0.2, 0.25) is 5.91 Å². The SMILES string of the molecule is CCCCCC(=O)N1CCN(c2nc(Cc3ccccc3)nc3c2c(C)nn3-c2ccc(F)cc2)CC1. The highest BCUT2D eigenvalue weighted by Crippen LogP contribution is 2.30. The highest BCUT2D eigenvalue weighted by Gasteiger charge is 2.26. The van der Waals surface area contributed by atoms with Gasteiger partial charge in [-0.25, -0.2) is 19.0 Å². The molecule has 0 saturated carbocycles. The number of anilines is 1. The molecule has 192 valence electrons. The summed E-state index contributed by atoms with van der Waals surface area (Å²) in [7, 11) is 0. The van der Waals surface area contributed by atoms with Crippen LogP contribution in [0.4, 0.5) is 10.2 Å². The van der Waals surface area contributed by atoms with E-state index >= 15 is 0 Å². The van der Waals surface area contributed by atoms with E-state index in [1.165, 1.54) is 12.1 Å². The molecule has 0 spiro atoms. The average Bonchev–Trinajstić information content (AvgIpc) is 3.25. The average molecular weight is 501 g/mol. The van der Waals surface area contributed by atoms with E-state index in [1.807, 2.05) is 30.0 Å². The maximum Gasteiger partial charge on any atom is 0.222 e. The van der Waals surface area contributed by atoms with Crippen LogP contribution < -0.4 is 4.90 Å². The third-order valence-electron chi connectivity index (χ3n) is 6.93. The predicted octanol–water partition coefficient (Wildman–Crippen LogP) is 5.08. The van der Waals surface area contributed by atoms with Gasteiger partial charge in [0.15, 0.2) is 5.65 Å². The minimum atomic E-state index is -0.292. The molecule has 2 aromatic carbocycles. The zero-order valence-corrected chi connectivity index (χ0v) is 21.5. The number of halogens is 1. The van der Waals surface area contributed by atoms with Crippen LogP contribution in [0.3, 0.4) is 0 Å². The molecule has 8 heteroatoms. The lowest BCUT2D eigenvalue weighted by molar-refractivity contribution is -0.131. The Morgan fingerprint density at radius 1 is 0.946 bits per heavy atom. The van der Waals surface area contributed by atoms with Gasteiger partial charge in [-0.15, -0.1) is 0 Å². The van der Waals surface area contributed by atoms with Crippen LogP contribution in [0.1, 0.15) is 49.7 Å². The van der Waals surface area contributed by atoms with Gasteiger partial charge in [-0.05, 0) is 43.2 Å². The largest absolute Gasteiger partial charge is 0.352 e. The molecule has 0 unspecified atom stereocenters. The van der Waals surface area contributed by atoms with Gasteiger partial charge in [0.25, 0.3) is 0 Å². The monoisotopic (exact) mass is 500 g/mol. The zero-order chi connectivity index (χ0) is 25.8. The summed E-state index contributed by atoms with van der Waals surface area (Å²) in [5.41, 5.74) is 3.40. The Hall–Kier alpha value is -3.81. The topological polar surface area (TPSA) is 67.2 Å². The molecule has 5 rings (SSSR count). The number of hydrogen-bond donors (Lipinski definition) is 0. The zero-order valence-electron chi connectivity index (χ0n) is 21.5. The molecule has 1 aliphatic heterocycles. The lowest BCUT2D eigenvalue weighted by Gasteiger charge is -2.36. The maximum atomic E-state index is 13.6. The summed E-state index contributed by atoms with van der Waals surface area (Å²) < 4.78 is 15.4. The van der Waals surface area contributed by atoms with E-state index in [2.05, 4.69) is 24.0 Å². The van der Waals surface area contributed by atoms with Crippen molar-refractivity contribution in [1.29, 1.82) is 0 Å². The molecule has 2 aromatic heterocycles. The van der Waals surface area contributed by atoms with Crippen LogP contribution in [0, 0.1) is 12.7 Å². The van der Waals surface area contributed by atoms with E-state index in [9.17, 15) is 9.18 Å². The normalized spacial score (nSPS) is 13.9. The van der Waals surface area contributed by atoms with E-state index < -0.39 is 0 Å². The number of aromatic nitrogens is 4. The molecule has 1 aliphatic rings. The molecular formula is C29H33FN6O. The molecule has 0 N–H and O–H groups in total. The van der Waals surface area contributed by atoms with Crippen molar-refractivity contribution in [2.75, 3.05) is 31.1 Å². The Balaban J connectivity index is 1.49. The first-order valence-electron chi connectivity index (χ1n) is 13.1. The lowest BCUT2D eigenvalue weighted by atomic mass is 10.1. The number of aryl methyl sites for hydroxylation is 1. The molecule has 0 radical (unpaired) electrons. The van der Waals surface area contributed by atoms with Crippen molar-refractivity contribution < 1.29 is 9.18 Å². The van der Waals surface area contributed by atoms with Gasteiger partial charge in [0.1, 0.15) is 17.5 Å². The van der Waals surface area contributed by atoms with Crippen LogP contribution in [-0.2, 0) is 11.2 Å². The van der Waals surface area contributed by atoms with Gasteiger partial charge in [-0.3, -0.25) is 4.79 Å². The minimum Gasteiger partial charge on any atom is -0.352 e. The Labute approximate surface area is 216 Å². The molecule has 1 amide bonds. The van der Waals surface area contributed by atoms with Crippen LogP contribution >= 0.6 is 0 Å². The molecule has 4 aromatic rings. The van der Waals surface area contributed by atoms with Crippen molar-refractivity contribution in [2.24, 2.45) is 0 Å². The Morgan fingerprint density at radius 2 is 1.68 bits per heavy atom. The van der Waals surface area contributed by atoms with Crippen LogP contribution in [0.25, 0.3) is 16.7 Å². The van der Waals surface area contributed by atoms with Crippen LogP contribution in [-0.4, -0.2) is 56.7 Å². The quantitative estimate of drug-likeness (QED) is 0.316. The van der Waals surface area contributed by atoms with Gasteiger partial charge in [-0.2, -0.15) is 5.10 Å². The number of piperazine rings is 1. The smallest absolute Gasteiger partial charge is 0.222 e. The summed E-state index contributed by atoms with van der Waals surface area (Å²) in [5.74, 6) is 1.50.